The third-order valence-electron chi connectivity index (χ3n) is 4.36. The van der Waals surface area contributed by atoms with Gasteiger partial charge in [0.25, 0.3) is 5.69 Å². The van der Waals surface area contributed by atoms with Crippen LogP contribution in [0.3, 0.4) is 0 Å². The molecule has 28 heavy (non-hydrogen) atoms. The standard InChI is InChI=1S/C19H19BrN4O4/c1-19(2,3)28-18(25)22-8-9-23-15(11-22)14(10-21)16(20)17(23)12-4-6-13(7-5-12)24(26)27/h4-7H,8-9,11H2,1-3H3. The summed E-state index contributed by atoms with van der Waals surface area (Å²) in [4.78, 5) is 24.4. The van der Waals surface area contributed by atoms with Gasteiger partial charge in [-0.25, -0.2) is 4.79 Å². The minimum atomic E-state index is -0.598. The molecule has 1 aliphatic heterocycles. The van der Waals surface area contributed by atoms with Crippen LogP contribution in [0.4, 0.5) is 10.5 Å². The van der Waals surface area contributed by atoms with Crippen LogP contribution in [0.5, 0.6) is 0 Å². The minimum Gasteiger partial charge on any atom is -0.444 e. The number of hydrogen-bond acceptors (Lipinski definition) is 5. The second-order valence-electron chi connectivity index (χ2n) is 7.45. The highest BCUT2D eigenvalue weighted by Crippen LogP contribution is 2.38. The third-order valence-corrected chi connectivity index (χ3v) is 5.13. The second kappa shape index (κ2) is 7.28. The summed E-state index contributed by atoms with van der Waals surface area (Å²) in [6, 6.07) is 8.38. The van der Waals surface area contributed by atoms with Gasteiger partial charge in [-0.3, -0.25) is 10.1 Å². The highest BCUT2D eigenvalue weighted by Gasteiger charge is 2.31. The van der Waals surface area contributed by atoms with E-state index in [2.05, 4.69) is 22.0 Å². The quantitative estimate of drug-likeness (QED) is 0.500. The van der Waals surface area contributed by atoms with E-state index >= 15 is 0 Å². The SMILES string of the molecule is CC(C)(C)OC(=O)N1CCn2c(c(C#N)c(Br)c2-c2ccc([N+](=O)[O-])cc2)C1. The number of carbonyl (C=O) groups excluding carboxylic acids is 1. The third kappa shape index (κ3) is 3.73. The molecule has 0 saturated carbocycles. The maximum absolute atomic E-state index is 12.4. The lowest BCUT2D eigenvalue weighted by atomic mass is 10.1. The predicted molar refractivity (Wildman–Crippen MR) is 106 cm³/mol. The molecule has 1 aliphatic rings. The molecule has 0 aliphatic carbocycles. The Morgan fingerprint density at radius 2 is 1.93 bits per heavy atom. The van der Waals surface area contributed by atoms with Crippen molar-refractivity contribution in [3.05, 3.63) is 50.1 Å². The molecule has 1 amide bonds. The molecular weight excluding hydrogens is 428 g/mol. The molecule has 0 atom stereocenters. The number of carbonyl (C=O) groups is 1. The zero-order valence-corrected chi connectivity index (χ0v) is 17.3. The Balaban J connectivity index is 1.98. The number of benzene rings is 1. The summed E-state index contributed by atoms with van der Waals surface area (Å²) in [6.45, 7) is 6.60. The van der Waals surface area contributed by atoms with Gasteiger partial charge in [-0.1, -0.05) is 0 Å². The lowest BCUT2D eigenvalue weighted by molar-refractivity contribution is -0.384. The van der Waals surface area contributed by atoms with Crippen LogP contribution in [0.25, 0.3) is 11.3 Å². The number of nitriles is 1. The van der Waals surface area contributed by atoms with Gasteiger partial charge in [0.05, 0.1) is 32.9 Å². The van der Waals surface area contributed by atoms with Crippen molar-refractivity contribution in [1.82, 2.24) is 9.47 Å². The number of nitro benzene ring substituents is 1. The smallest absolute Gasteiger partial charge is 0.410 e. The Morgan fingerprint density at radius 1 is 1.29 bits per heavy atom. The molecule has 2 heterocycles. The molecule has 3 rings (SSSR count). The summed E-state index contributed by atoms with van der Waals surface area (Å²) in [7, 11) is 0. The Kier molecular flexibility index (Phi) is 5.17. The number of nitro groups is 1. The average molecular weight is 447 g/mol. The van der Waals surface area contributed by atoms with E-state index in [9.17, 15) is 20.2 Å². The molecule has 0 N–H and O–H groups in total. The zero-order valence-electron chi connectivity index (χ0n) is 15.7. The Labute approximate surface area is 170 Å². The predicted octanol–water partition coefficient (Wildman–Crippen LogP) is 4.45. The number of halogens is 1. The maximum Gasteiger partial charge on any atom is 0.410 e. The van der Waals surface area contributed by atoms with Crippen LogP contribution in [0.2, 0.25) is 0 Å². The van der Waals surface area contributed by atoms with Gasteiger partial charge >= 0.3 is 6.09 Å². The Hall–Kier alpha value is -2.86. The molecule has 0 spiro atoms. The van der Waals surface area contributed by atoms with Crippen molar-refractivity contribution < 1.29 is 14.5 Å². The van der Waals surface area contributed by atoms with E-state index in [1.165, 1.54) is 12.1 Å². The highest BCUT2D eigenvalue weighted by molar-refractivity contribution is 9.10. The monoisotopic (exact) mass is 446 g/mol. The first kappa shape index (κ1) is 19.9. The molecule has 0 saturated heterocycles. The van der Waals surface area contributed by atoms with Crippen molar-refractivity contribution in [2.24, 2.45) is 0 Å². The number of rotatable bonds is 2. The molecular formula is C19H19BrN4O4. The van der Waals surface area contributed by atoms with Crippen LogP contribution >= 0.6 is 15.9 Å². The largest absolute Gasteiger partial charge is 0.444 e. The highest BCUT2D eigenvalue weighted by atomic mass is 79.9. The van der Waals surface area contributed by atoms with Gasteiger partial charge in [-0.05, 0) is 54.4 Å². The van der Waals surface area contributed by atoms with E-state index < -0.39 is 16.6 Å². The number of hydrogen-bond donors (Lipinski definition) is 0. The first-order valence-electron chi connectivity index (χ1n) is 8.66. The first-order valence-corrected chi connectivity index (χ1v) is 9.45. The van der Waals surface area contributed by atoms with Crippen LogP contribution in [-0.2, 0) is 17.8 Å². The van der Waals surface area contributed by atoms with Gasteiger partial charge in [0, 0.05) is 25.2 Å². The maximum atomic E-state index is 12.4. The molecule has 8 nitrogen and oxygen atoms in total. The average Bonchev–Trinajstić information content (AvgIpc) is 2.90. The number of nitrogens with zero attached hydrogens (tertiary/aromatic N) is 4. The van der Waals surface area contributed by atoms with Crippen molar-refractivity contribution in [1.29, 1.82) is 5.26 Å². The molecule has 0 unspecified atom stereocenters. The molecule has 146 valence electrons. The van der Waals surface area contributed by atoms with Crippen LogP contribution < -0.4 is 0 Å². The molecule has 9 heteroatoms. The van der Waals surface area contributed by atoms with Crippen LogP contribution in [-0.4, -0.2) is 32.6 Å². The second-order valence-corrected chi connectivity index (χ2v) is 8.25. The number of aromatic nitrogens is 1. The number of amides is 1. The Morgan fingerprint density at radius 3 is 2.46 bits per heavy atom. The van der Waals surface area contributed by atoms with Crippen molar-refractivity contribution in [3.63, 3.8) is 0 Å². The van der Waals surface area contributed by atoms with Crippen LogP contribution in [0.1, 0.15) is 32.0 Å². The molecule has 0 fully saturated rings. The van der Waals surface area contributed by atoms with Crippen LogP contribution in [0.15, 0.2) is 28.7 Å². The van der Waals surface area contributed by atoms with E-state index in [0.29, 0.717) is 28.8 Å². The number of non-ortho nitro benzene ring substituents is 1. The van der Waals surface area contributed by atoms with Crippen molar-refractivity contribution in [2.45, 2.75) is 39.5 Å². The fraction of sp³-hybridized carbons (Fsp3) is 0.368. The van der Waals surface area contributed by atoms with Gasteiger partial charge in [-0.2, -0.15) is 5.26 Å². The van der Waals surface area contributed by atoms with Crippen molar-refractivity contribution in [2.75, 3.05) is 6.54 Å². The summed E-state index contributed by atoms with van der Waals surface area (Å²) < 4.78 is 8.03. The van der Waals surface area contributed by atoms with E-state index in [4.69, 9.17) is 4.74 Å². The normalized spacial score (nSPS) is 13.6. The summed E-state index contributed by atoms with van der Waals surface area (Å²) in [6.07, 6.45) is -0.420. The molecule has 0 bridgehead atoms. The fourth-order valence-corrected chi connectivity index (χ4v) is 3.91. The lowest BCUT2D eigenvalue weighted by Gasteiger charge is -2.31. The van der Waals surface area contributed by atoms with Gasteiger partial charge in [-0.15, -0.1) is 0 Å². The molecule has 0 radical (unpaired) electrons. The van der Waals surface area contributed by atoms with Gasteiger partial charge < -0.3 is 14.2 Å². The number of fused-ring (bicyclic) bond motifs is 1. The van der Waals surface area contributed by atoms with E-state index in [-0.39, 0.29) is 12.2 Å². The topological polar surface area (TPSA) is 101 Å². The zero-order chi connectivity index (χ0) is 20.6. The van der Waals surface area contributed by atoms with Gasteiger partial charge in [0.15, 0.2) is 0 Å². The summed E-state index contributed by atoms with van der Waals surface area (Å²) >= 11 is 3.50. The molecule has 1 aromatic carbocycles. The summed E-state index contributed by atoms with van der Waals surface area (Å²) in [5.41, 5.74) is 2.08. The van der Waals surface area contributed by atoms with Crippen molar-refractivity contribution >= 4 is 27.7 Å². The van der Waals surface area contributed by atoms with Crippen LogP contribution in [0, 0.1) is 21.4 Å². The summed E-state index contributed by atoms with van der Waals surface area (Å²) in [5, 5.41) is 20.5. The first-order chi connectivity index (χ1) is 13.1. The summed E-state index contributed by atoms with van der Waals surface area (Å²) in [5.74, 6) is 0. The van der Waals surface area contributed by atoms with Gasteiger partial charge in [0.2, 0.25) is 0 Å². The van der Waals surface area contributed by atoms with E-state index in [0.717, 1.165) is 11.3 Å². The lowest BCUT2D eigenvalue weighted by Crippen LogP contribution is -2.41. The number of ether oxygens (including phenoxy) is 1. The molecule has 2 aromatic rings. The van der Waals surface area contributed by atoms with Gasteiger partial charge in [0.1, 0.15) is 11.7 Å². The van der Waals surface area contributed by atoms with Crippen molar-refractivity contribution in [3.8, 4) is 17.3 Å². The van der Waals surface area contributed by atoms with E-state index in [1.807, 2.05) is 25.3 Å². The Bertz CT molecular complexity index is 983. The fourth-order valence-electron chi connectivity index (χ4n) is 3.14. The van der Waals surface area contributed by atoms with E-state index in [1.54, 1.807) is 17.0 Å². The minimum absolute atomic E-state index is 0.00176. The molecule has 1 aromatic heterocycles.